The van der Waals surface area contributed by atoms with Crippen molar-refractivity contribution in [2.45, 2.75) is 19.4 Å². The Labute approximate surface area is 97.3 Å². The summed E-state index contributed by atoms with van der Waals surface area (Å²) in [5, 5.41) is 15.8. The van der Waals surface area contributed by atoms with E-state index in [4.69, 9.17) is 0 Å². The highest BCUT2D eigenvalue weighted by Crippen LogP contribution is 2.08. The molecule has 2 rings (SSSR count). The molecular formula is C9H13N5O3. The van der Waals surface area contributed by atoms with Gasteiger partial charge in [-0.25, -0.2) is 5.43 Å². The summed E-state index contributed by atoms with van der Waals surface area (Å²) >= 11 is 0. The number of hydrazine groups is 1. The van der Waals surface area contributed by atoms with Crippen LogP contribution in [0.3, 0.4) is 0 Å². The van der Waals surface area contributed by atoms with Gasteiger partial charge in [0.2, 0.25) is 0 Å². The fraction of sp³-hybridized carbons (Fsp3) is 0.556. The average molecular weight is 239 g/mol. The minimum absolute atomic E-state index is 0.0147. The van der Waals surface area contributed by atoms with Crippen LogP contribution in [-0.2, 0) is 11.3 Å². The molecule has 0 aromatic carbocycles. The first-order valence-electron chi connectivity index (χ1n) is 5.37. The van der Waals surface area contributed by atoms with Crippen LogP contribution < -0.4 is 5.43 Å². The molecule has 8 heteroatoms. The van der Waals surface area contributed by atoms with Gasteiger partial charge in [0.1, 0.15) is 18.9 Å². The molecule has 1 saturated heterocycles. The maximum absolute atomic E-state index is 11.8. The lowest BCUT2D eigenvalue weighted by atomic mass is 10.2. The van der Waals surface area contributed by atoms with Crippen LogP contribution in [0.5, 0.6) is 0 Å². The van der Waals surface area contributed by atoms with Crippen LogP contribution in [0.4, 0.5) is 5.69 Å². The summed E-state index contributed by atoms with van der Waals surface area (Å²) in [5.41, 5.74) is 2.87. The van der Waals surface area contributed by atoms with Crippen LogP contribution in [0.1, 0.15) is 12.8 Å². The zero-order chi connectivity index (χ0) is 12.3. The molecule has 8 nitrogen and oxygen atoms in total. The second kappa shape index (κ2) is 4.91. The zero-order valence-corrected chi connectivity index (χ0v) is 9.20. The second-order valence-corrected chi connectivity index (χ2v) is 3.81. The lowest BCUT2D eigenvalue weighted by Crippen LogP contribution is -2.48. The van der Waals surface area contributed by atoms with Crippen LogP contribution >= 0.6 is 0 Å². The van der Waals surface area contributed by atoms with E-state index < -0.39 is 4.92 Å². The van der Waals surface area contributed by atoms with Crippen LogP contribution in [0.25, 0.3) is 0 Å². The highest BCUT2D eigenvalue weighted by Gasteiger charge is 2.18. The van der Waals surface area contributed by atoms with Gasteiger partial charge in [-0.1, -0.05) is 0 Å². The fourth-order valence-corrected chi connectivity index (χ4v) is 1.66. The number of amides is 1. The third-order valence-electron chi connectivity index (χ3n) is 2.54. The first kappa shape index (κ1) is 11.5. The first-order chi connectivity index (χ1) is 8.16. The number of nitrogens with zero attached hydrogens (tertiary/aromatic N) is 4. The Balaban J connectivity index is 1.94. The van der Waals surface area contributed by atoms with E-state index >= 15 is 0 Å². The van der Waals surface area contributed by atoms with Crippen molar-refractivity contribution in [3.63, 3.8) is 0 Å². The Morgan fingerprint density at radius 3 is 3.00 bits per heavy atom. The maximum atomic E-state index is 11.8. The van der Waals surface area contributed by atoms with Crippen molar-refractivity contribution in [2.75, 3.05) is 13.1 Å². The van der Waals surface area contributed by atoms with Crippen LogP contribution in [0.15, 0.2) is 12.4 Å². The molecule has 0 radical (unpaired) electrons. The van der Waals surface area contributed by atoms with E-state index in [2.05, 4.69) is 10.5 Å². The summed E-state index contributed by atoms with van der Waals surface area (Å²) in [6, 6.07) is 0. The second-order valence-electron chi connectivity index (χ2n) is 3.81. The summed E-state index contributed by atoms with van der Waals surface area (Å²) in [4.78, 5) is 21.7. The number of nitro groups is 1. The molecule has 92 valence electrons. The van der Waals surface area contributed by atoms with Gasteiger partial charge >= 0.3 is 5.69 Å². The molecular weight excluding hydrogens is 226 g/mol. The molecule has 0 aliphatic carbocycles. The standard InChI is InChI=1S/C9H13N5O3/c15-9(13-4-2-1-3-10-13)7-12-6-8(5-11-12)14(16)17/h5-6,10H,1-4,7H2. The summed E-state index contributed by atoms with van der Waals surface area (Å²) < 4.78 is 1.27. The number of nitrogens with one attached hydrogen (secondary N) is 1. The summed E-state index contributed by atoms with van der Waals surface area (Å²) in [7, 11) is 0. The minimum atomic E-state index is -0.535. The van der Waals surface area contributed by atoms with Gasteiger partial charge in [0.05, 0.1) is 4.92 Å². The molecule has 1 amide bonds. The van der Waals surface area contributed by atoms with Crippen LogP contribution in [0, 0.1) is 10.1 Å². The lowest BCUT2D eigenvalue weighted by Gasteiger charge is -2.27. The molecule has 0 spiro atoms. The van der Waals surface area contributed by atoms with Gasteiger partial charge in [-0.3, -0.25) is 24.6 Å². The Morgan fingerprint density at radius 1 is 1.59 bits per heavy atom. The van der Waals surface area contributed by atoms with Crippen molar-refractivity contribution in [2.24, 2.45) is 0 Å². The molecule has 2 heterocycles. The van der Waals surface area contributed by atoms with E-state index in [0.29, 0.717) is 6.54 Å². The largest absolute Gasteiger partial charge is 0.307 e. The van der Waals surface area contributed by atoms with Crippen molar-refractivity contribution in [1.29, 1.82) is 0 Å². The maximum Gasteiger partial charge on any atom is 0.307 e. The van der Waals surface area contributed by atoms with Gasteiger partial charge in [0.25, 0.3) is 5.91 Å². The van der Waals surface area contributed by atoms with E-state index in [1.165, 1.54) is 15.9 Å². The normalized spacial score (nSPS) is 15.9. The van der Waals surface area contributed by atoms with Crippen molar-refractivity contribution in [3.05, 3.63) is 22.5 Å². The fourth-order valence-electron chi connectivity index (χ4n) is 1.66. The molecule has 0 unspecified atom stereocenters. The first-order valence-corrected chi connectivity index (χ1v) is 5.37. The van der Waals surface area contributed by atoms with Crippen molar-refractivity contribution < 1.29 is 9.72 Å². The molecule has 1 aliphatic heterocycles. The summed E-state index contributed by atoms with van der Waals surface area (Å²) in [6.07, 6.45) is 4.41. The monoisotopic (exact) mass is 239 g/mol. The van der Waals surface area contributed by atoms with Crippen LogP contribution in [-0.4, -0.2) is 38.7 Å². The van der Waals surface area contributed by atoms with E-state index in [0.717, 1.165) is 25.6 Å². The molecule has 0 atom stereocenters. The van der Waals surface area contributed by atoms with E-state index in [9.17, 15) is 14.9 Å². The highest BCUT2D eigenvalue weighted by atomic mass is 16.6. The smallest absolute Gasteiger partial charge is 0.276 e. The van der Waals surface area contributed by atoms with Crippen molar-refractivity contribution in [1.82, 2.24) is 20.2 Å². The van der Waals surface area contributed by atoms with Gasteiger partial charge in [-0.2, -0.15) is 5.10 Å². The molecule has 0 bridgehead atoms. The Bertz CT molecular complexity index is 424. The Morgan fingerprint density at radius 2 is 2.41 bits per heavy atom. The molecule has 1 N–H and O–H groups in total. The topological polar surface area (TPSA) is 93.3 Å². The molecule has 1 aromatic rings. The molecule has 0 saturated carbocycles. The van der Waals surface area contributed by atoms with Crippen molar-refractivity contribution in [3.8, 4) is 0 Å². The summed E-state index contributed by atoms with van der Waals surface area (Å²) in [5.74, 6) is -0.136. The number of hydrogen-bond donors (Lipinski definition) is 1. The molecule has 1 aromatic heterocycles. The van der Waals surface area contributed by atoms with Gasteiger partial charge in [0, 0.05) is 13.1 Å². The quantitative estimate of drug-likeness (QED) is 0.588. The third kappa shape index (κ3) is 2.78. The molecule has 1 aliphatic rings. The SMILES string of the molecule is O=C(Cn1cc([N+](=O)[O-])cn1)N1CCCCN1. The van der Waals surface area contributed by atoms with Crippen LogP contribution in [0.2, 0.25) is 0 Å². The van der Waals surface area contributed by atoms with E-state index in [1.807, 2.05) is 0 Å². The van der Waals surface area contributed by atoms with Gasteiger partial charge in [-0.05, 0) is 12.8 Å². The van der Waals surface area contributed by atoms with E-state index in [-0.39, 0.29) is 18.1 Å². The predicted molar refractivity (Wildman–Crippen MR) is 57.8 cm³/mol. The van der Waals surface area contributed by atoms with Gasteiger partial charge < -0.3 is 0 Å². The number of carbonyl (C=O) groups is 1. The molecule has 1 fully saturated rings. The number of aromatic nitrogens is 2. The Kier molecular flexibility index (Phi) is 3.33. The molecule has 17 heavy (non-hydrogen) atoms. The zero-order valence-electron chi connectivity index (χ0n) is 9.20. The average Bonchev–Trinajstić information content (AvgIpc) is 2.79. The minimum Gasteiger partial charge on any atom is -0.276 e. The van der Waals surface area contributed by atoms with Gasteiger partial charge in [0.15, 0.2) is 0 Å². The van der Waals surface area contributed by atoms with Gasteiger partial charge in [-0.15, -0.1) is 0 Å². The number of rotatable bonds is 3. The predicted octanol–water partition coefficient (Wildman–Crippen LogP) is -0.0817. The number of hydrogen-bond acceptors (Lipinski definition) is 5. The Hall–Kier alpha value is -1.96. The summed E-state index contributed by atoms with van der Waals surface area (Å²) in [6.45, 7) is 1.47. The third-order valence-corrected chi connectivity index (χ3v) is 2.54. The highest BCUT2D eigenvalue weighted by molar-refractivity contribution is 5.75. The lowest BCUT2D eigenvalue weighted by molar-refractivity contribution is -0.385. The van der Waals surface area contributed by atoms with E-state index in [1.54, 1.807) is 0 Å². The van der Waals surface area contributed by atoms with Crippen molar-refractivity contribution >= 4 is 11.6 Å². The number of carbonyl (C=O) groups excluding carboxylic acids is 1.